The lowest BCUT2D eigenvalue weighted by atomic mass is 9.98. The summed E-state index contributed by atoms with van der Waals surface area (Å²) in [5, 5.41) is 13.2. The first kappa shape index (κ1) is 21.7. The van der Waals surface area contributed by atoms with Gasteiger partial charge in [-0.15, -0.1) is 0 Å². The topological polar surface area (TPSA) is 95.4 Å². The Balaban J connectivity index is 1.74. The Morgan fingerprint density at radius 3 is 2.66 bits per heavy atom. The summed E-state index contributed by atoms with van der Waals surface area (Å²) in [6.07, 6.45) is 5.71. The molecule has 166 valence electrons. The van der Waals surface area contributed by atoms with Crippen LogP contribution in [0.25, 0.3) is 11.0 Å². The van der Waals surface area contributed by atoms with Crippen molar-refractivity contribution in [3.05, 3.63) is 59.4 Å². The van der Waals surface area contributed by atoms with Crippen LogP contribution in [-0.4, -0.2) is 44.4 Å². The van der Waals surface area contributed by atoms with Crippen LogP contribution in [0.1, 0.15) is 54.2 Å². The molecule has 0 aliphatic carbocycles. The number of nitrogens with zero attached hydrogens (tertiary/aromatic N) is 3. The number of carboxylic acids is 1. The highest BCUT2D eigenvalue weighted by Crippen LogP contribution is 2.31. The summed E-state index contributed by atoms with van der Waals surface area (Å²) >= 11 is 0. The summed E-state index contributed by atoms with van der Waals surface area (Å²) in [6, 6.07) is 11.3. The maximum absolute atomic E-state index is 13.6. The second kappa shape index (κ2) is 9.34. The van der Waals surface area contributed by atoms with Crippen molar-refractivity contribution < 1.29 is 14.7 Å². The van der Waals surface area contributed by atoms with Crippen LogP contribution in [0.4, 0.5) is 11.4 Å². The molecule has 1 aliphatic heterocycles. The molecule has 0 saturated carbocycles. The largest absolute Gasteiger partial charge is 0.481 e. The van der Waals surface area contributed by atoms with E-state index < -0.39 is 5.97 Å². The summed E-state index contributed by atoms with van der Waals surface area (Å²) < 4.78 is 0. The lowest BCUT2D eigenvalue weighted by Crippen LogP contribution is -2.43. The highest BCUT2D eigenvalue weighted by molar-refractivity contribution is 6.07. The number of amides is 1. The van der Waals surface area contributed by atoms with E-state index in [1.807, 2.05) is 36.1 Å². The smallest absolute Gasteiger partial charge is 0.307 e. The van der Waals surface area contributed by atoms with Crippen molar-refractivity contribution in [1.82, 2.24) is 14.9 Å². The monoisotopic (exact) mass is 432 g/mol. The molecule has 7 nitrogen and oxygen atoms in total. The Morgan fingerprint density at radius 1 is 1.16 bits per heavy atom. The van der Waals surface area contributed by atoms with Crippen molar-refractivity contribution in [1.29, 1.82) is 0 Å². The number of carboxylic acid groups (broad SMARTS) is 1. The molecule has 0 spiro atoms. The molecule has 4 rings (SSSR count). The van der Waals surface area contributed by atoms with Gasteiger partial charge < -0.3 is 15.3 Å². The fraction of sp³-hybridized carbons (Fsp3) is 0.360. The van der Waals surface area contributed by atoms with Gasteiger partial charge in [0.1, 0.15) is 0 Å². The Morgan fingerprint density at radius 2 is 1.94 bits per heavy atom. The molecule has 3 aromatic rings. The standard InChI is InChI=1S/C25H28N4O3/c1-3-19-6-4-5-13-29(19)25(32)21-15-26-24-20(12-7-16(2)27-24)23(21)28-18-10-8-17(9-11-18)14-22(30)31/h7-12,15,19H,3-6,13-14H2,1-2H3,(H,30,31)(H,26,27,28). The van der Waals surface area contributed by atoms with E-state index in [4.69, 9.17) is 5.11 Å². The first-order chi connectivity index (χ1) is 15.5. The number of likely N-dealkylation sites (tertiary alicyclic amines) is 1. The number of nitrogens with one attached hydrogen (secondary N) is 1. The predicted octanol–water partition coefficient (Wildman–Crippen LogP) is 4.71. The summed E-state index contributed by atoms with van der Waals surface area (Å²) in [6.45, 7) is 4.79. The number of hydrogen-bond acceptors (Lipinski definition) is 5. The van der Waals surface area contributed by atoms with Crippen molar-refractivity contribution in [3.63, 3.8) is 0 Å². The Kier molecular flexibility index (Phi) is 6.35. The van der Waals surface area contributed by atoms with Crippen LogP contribution >= 0.6 is 0 Å². The van der Waals surface area contributed by atoms with Gasteiger partial charge in [-0.2, -0.15) is 0 Å². The van der Waals surface area contributed by atoms with Gasteiger partial charge in [-0.05, 0) is 62.4 Å². The number of anilines is 2. The molecule has 32 heavy (non-hydrogen) atoms. The normalized spacial score (nSPS) is 16.2. The van der Waals surface area contributed by atoms with Gasteiger partial charge in [-0.1, -0.05) is 19.1 Å². The fourth-order valence-corrected chi connectivity index (χ4v) is 4.34. The zero-order valence-electron chi connectivity index (χ0n) is 18.5. The molecule has 1 unspecified atom stereocenters. The molecule has 1 amide bonds. The zero-order valence-corrected chi connectivity index (χ0v) is 18.5. The van der Waals surface area contributed by atoms with Crippen LogP contribution in [-0.2, 0) is 11.2 Å². The molecule has 1 aromatic carbocycles. The average Bonchev–Trinajstić information content (AvgIpc) is 2.79. The zero-order chi connectivity index (χ0) is 22.7. The lowest BCUT2D eigenvalue weighted by Gasteiger charge is -2.35. The summed E-state index contributed by atoms with van der Waals surface area (Å²) in [5.41, 5.74) is 4.13. The first-order valence-corrected chi connectivity index (χ1v) is 11.1. The minimum absolute atomic E-state index is 0.0171. The fourth-order valence-electron chi connectivity index (χ4n) is 4.34. The van der Waals surface area contributed by atoms with Crippen LogP contribution in [0, 0.1) is 6.92 Å². The number of piperidine rings is 1. The number of rotatable bonds is 6. The van der Waals surface area contributed by atoms with E-state index >= 15 is 0 Å². The number of aliphatic carboxylic acids is 1. The molecule has 0 bridgehead atoms. The van der Waals surface area contributed by atoms with Gasteiger partial charge in [0.25, 0.3) is 5.91 Å². The number of fused-ring (bicyclic) bond motifs is 1. The second-order valence-corrected chi connectivity index (χ2v) is 8.32. The summed E-state index contributed by atoms with van der Waals surface area (Å²) in [7, 11) is 0. The third kappa shape index (κ3) is 4.56. The quantitative estimate of drug-likeness (QED) is 0.586. The Bertz CT molecular complexity index is 1140. The average molecular weight is 433 g/mol. The Labute approximate surface area is 187 Å². The molecule has 1 fully saturated rings. The van der Waals surface area contributed by atoms with E-state index in [0.717, 1.165) is 54.6 Å². The van der Waals surface area contributed by atoms with Gasteiger partial charge in [-0.3, -0.25) is 9.59 Å². The third-order valence-corrected chi connectivity index (χ3v) is 6.04. The highest BCUT2D eigenvalue weighted by Gasteiger charge is 2.28. The van der Waals surface area contributed by atoms with Gasteiger partial charge in [0.2, 0.25) is 0 Å². The van der Waals surface area contributed by atoms with Crippen LogP contribution in [0.3, 0.4) is 0 Å². The first-order valence-electron chi connectivity index (χ1n) is 11.1. The lowest BCUT2D eigenvalue weighted by molar-refractivity contribution is -0.136. The van der Waals surface area contributed by atoms with Crippen molar-refractivity contribution in [2.75, 3.05) is 11.9 Å². The third-order valence-electron chi connectivity index (χ3n) is 6.04. The molecule has 1 aliphatic rings. The number of pyridine rings is 2. The number of carbonyl (C=O) groups excluding carboxylic acids is 1. The molecule has 2 aromatic heterocycles. The van der Waals surface area contributed by atoms with E-state index in [0.29, 0.717) is 16.9 Å². The molecule has 0 radical (unpaired) electrons. The van der Waals surface area contributed by atoms with Gasteiger partial charge in [-0.25, -0.2) is 9.97 Å². The maximum atomic E-state index is 13.6. The second-order valence-electron chi connectivity index (χ2n) is 8.32. The van der Waals surface area contributed by atoms with E-state index in [9.17, 15) is 9.59 Å². The number of carbonyl (C=O) groups is 2. The minimum Gasteiger partial charge on any atom is -0.481 e. The molecular weight excluding hydrogens is 404 g/mol. The predicted molar refractivity (Wildman–Crippen MR) is 124 cm³/mol. The molecule has 3 heterocycles. The van der Waals surface area contributed by atoms with Gasteiger partial charge in [0, 0.05) is 35.6 Å². The van der Waals surface area contributed by atoms with Crippen LogP contribution in [0.5, 0.6) is 0 Å². The molecule has 1 saturated heterocycles. The minimum atomic E-state index is -0.868. The van der Waals surface area contributed by atoms with Crippen molar-refractivity contribution in [2.24, 2.45) is 0 Å². The molecule has 2 N–H and O–H groups in total. The van der Waals surface area contributed by atoms with Crippen LogP contribution in [0.15, 0.2) is 42.6 Å². The van der Waals surface area contributed by atoms with Gasteiger partial charge in [0.15, 0.2) is 5.65 Å². The van der Waals surface area contributed by atoms with Gasteiger partial charge >= 0.3 is 5.97 Å². The van der Waals surface area contributed by atoms with Crippen molar-refractivity contribution in [3.8, 4) is 0 Å². The Hall–Kier alpha value is -3.48. The van der Waals surface area contributed by atoms with E-state index in [1.165, 1.54) is 0 Å². The van der Waals surface area contributed by atoms with Crippen LogP contribution in [0.2, 0.25) is 0 Å². The van der Waals surface area contributed by atoms with E-state index in [2.05, 4.69) is 22.2 Å². The summed E-state index contributed by atoms with van der Waals surface area (Å²) in [5.74, 6) is -0.885. The molecular formula is C25H28N4O3. The number of benzene rings is 1. The van der Waals surface area contributed by atoms with Crippen molar-refractivity contribution in [2.45, 2.75) is 52.0 Å². The van der Waals surface area contributed by atoms with E-state index in [1.54, 1.807) is 18.3 Å². The van der Waals surface area contributed by atoms with E-state index in [-0.39, 0.29) is 18.4 Å². The van der Waals surface area contributed by atoms with Crippen LogP contribution < -0.4 is 5.32 Å². The maximum Gasteiger partial charge on any atom is 0.307 e. The molecule has 1 atom stereocenters. The number of aryl methyl sites for hydroxylation is 1. The number of aromatic nitrogens is 2. The number of hydrogen-bond donors (Lipinski definition) is 2. The summed E-state index contributed by atoms with van der Waals surface area (Å²) in [4.78, 5) is 35.6. The highest BCUT2D eigenvalue weighted by atomic mass is 16.4. The SMILES string of the molecule is CCC1CCCCN1C(=O)c1cnc2nc(C)ccc2c1Nc1ccc(CC(=O)O)cc1. The molecule has 7 heteroatoms. The van der Waals surface area contributed by atoms with Crippen molar-refractivity contribution >= 4 is 34.3 Å². The van der Waals surface area contributed by atoms with Gasteiger partial charge in [0.05, 0.1) is 17.7 Å².